The lowest BCUT2D eigenvalue weighted by Crippen LogP contribution is -2.51. The molecule has 1 aromatic heterocycles. The van der Waals surface area contributed by atoms with Crippen molar-refractivity contribution in [2.24, 2.45) is 0 Å². The molecule has 4 rings (SSSR count). The summed E-state index contributed by atoms with van der Waals surface area (Å²) >= 11 is 3.46. The maximum absolute atomic E-state index is 12.8. The number of rotatable bonds is 1. The topological polar surface area (TPSA) is 45.3 Å². The molecular formula is C16H17BrN2O2. The second-order valence-electron chi connectivity index (χ2n) is 5.82. The summed E-state index contributed by atoms with van der Waals surface area (Å²) < 4.78 is 6.79. The summed E-state index contributed by atoms with van der Waals surface area (Å²) in [6.45, 7) is 1.34. The van der Waals surface area contributed by atoms with Gasteiger partial charge in [-0.3, -0.25) is 4.79 Å². The van der Waals surface area contributed by atoms with Crippen LogP contribution in [0.15, 0.2) is 28.7 Å². The van der Waals surface area contributed by atoms with Crippen molar-refractivity contribution in [2.45, 2.75) is 31.4 Å². The number of morpholine rings is 1. The quantitative estimate of drug-likeness (QED) is 0.859. The minimum atomic E-state index is 0.0996. The SMILES string of the molecule is O=C(c1cc2ccc(Br)cc2[nH]1)N1CCO[C@H]2CCC[C@@H]21. The molecule has 2 aliphatic rings. The molecule has 0 spiro atoms. The summed E-state index contributed by atoms with van der Waals surface area (Å²) in [5.41, 5.74) is 1.67. The van der Waals surface area contributed by atoms with Crippen LogP contribution in [0.2, 0.25) is 0 Å². The number of halogens is 1. The molecule has 0 radical (unpaired) electrons. The summed E-state index contributed by atoms with van der Waals surface area (Å²) in [6, 6.07) is 8.22. The second kappa shape index (κ2) is 5.14. The molecule has 21 heavy (non-hydrogen) atoms. The maximum atomic E-state index is 12.8. The zero-order chi connectivity index (χ0) is 14.4. The standard InChI is InChI=1S/C16H17BrN2O2/c17-11-5-4-10-8-13(18-12(10)9-11)16(20)19-6-7-21-15-3-1-2-14(15)19/h4-5,8-9,14-15,18H,1-3,6-7H2/t14-,15-/m0/s1. The molecule has 5 heteroatoms. The number of hydrogen-bond donors (Lipinski definition) is 1. The Labute approximate surface area is 131 Å². The van der Waals surface area contributed by atoms with E-state index in [4.69, 9.17) is 4.74 Å². The average molecular weight is 349 g/mol. The predicted molar refractivity (Wildman–Crippen MR) is 84.4 cm³/mol. The van der Waals surface area contributed by atoms with Crippen LogP contribution in [0.5, 0.6) is 0 Å². The highest BCUT2D eigenvalue weighted by Gasteiger charge is 2.38. The number of fused-ring (bicyclic) bond motifs is 2. The minimum Gasteiger partial charge on any atom is -0.374 e. The molecule has 0 bridgehead atoms. The van der Waals surface area contributed by atoms with Crippen molar-refractivity contribution in [3.63, 3.8) is 0 Å². The lowest BCUT2D eigenvalue weighted by Gasteiger charge is -2.37. The molecule has 4 nitrogen and oxygen atoms in total. The summed E-state index contributed by atoms with van der Waals surface area (Å²) in [5.74, 6) is 0.0996. The van der Waals surface area contributed by atoms with E-state index >= 15 is 0 Å². The fraction of sp³-hybridized carbons (Fsp3) is 0.438. The number of nitrogens with one attached hydrogen (secondary N) is 1. The number of carbonyl (C=O) groups is 1. The highest BCUT2D eigenvalue weighted by molar-refractivity contribution is 9.10. The van der Waals surface area contributed by atoms with Gasteiger partial charge in [-0.05, 0) is 37.5 Å². The zero-order valence-corrected chi connectivity index (χ0v) is 13.2. The number of hydrogen-bond acceptors (Lipinski definition) is 2. The van der Waals surface area contributed by atoms with Gasteiger partial charge in [0.1, 0.15) is 5.69 Å². The monoisotopic (exact) mass is 348 g/mol. The molecule has 2 aromatic rings. The van der Waals surface area contributed by atoms with Crippen LogP contribution < -0.4 is 0 Å². The number of benzene rings is 1. The Morgan fingerprint density at radius 1 is 1.33 bits per heavy atom. The van der Waals surface area contributed by atoms with E-state index in [9.17, 15) is 4.79 Å². The van der Waals surface area contributed by atoms with Gasteiger partial charge in [0.25, 0.3) is 5.91 Å². The fourth-order valence-corrected chi connectivity index (χ4v) is 3.91. The van der Waals surface area contributed by atoms with Crippen LogP contribution in [0.1, 0.15) is 29.8 Å². The smallest absolute Gasteiger partial charge is 0.270 e. The molecular weight excluding hydrogens is 332 g/mol. The Morgan fingerprint density at radius 2 is 2.24 bits per heavy atom. The first kappa shape index (κ1) is 13.3. The number of ether oxygens (including phenoxy) is 1. The molecule has 2 heterocycles. The predicted octanol–water partition coefficient (Wildman–Crippen LogP) is 3.32. The van der Waals surface area contributed by atoms with Crippen molar-refractivity contribution in [3.8, 4) is 0 Å². The Bertz CT molecular complexity index is 697. The third-order valence-electron chi connectivity index (χ3n) is 4.56. The molecule has 2 atom stereocenters. The van der Waals surface area contributed by atoms with Gasteiger partial charge in [-0.25, -0.2) is 0 Å². The van der Waals surface area contributed by atoms with Gasteiger partial charge >= 0.3 is 0 Å². The summed E-state index contributed by atoms with van der Waals surface area (Å²) in [6.07, 6.45) is 3.52. The summed E-state index contributed by atoms with van der Waals surface area (Å²) in [4.78, 5) is 18.1. The Kier molecular flexibility index (Phi) is 3.27. The van der Waals surface area contributed by atoms with E-state index < -0.39 is 0 Å². The largest absolute Gasteiger partial charge is 0.374 e. The van der Waals surface area contributed by atoms with Gasteiger partial charge < -0.3 is 14.6 Å². The Morgan fingerprint density at radius 3 is 3.14 bits per heavy atom. The minimum absolute atomic E-state index is 0.0996. The van der Waals surface area contributed by atoms with Crippen molar-refractivity contribution in [1.29, 1.82) is 0 Å². The Hall–Kier alpha value is -1.33. The van der Waals surface area contributed by atoms with Crippen LogP contribution >= 0.6 is 15.9 Å². The van der Waals surface area contributed by atoms with Gasteiger partial charge in [0.2, 0.25) is 0 Å². The normalized spacial score (nSPS) is 25.3. The van der Waals surface area contributed by atoms with E-state index in [-0.39, 0.29) is 18.1 Å². The fourth-order valence-electron chi connectivity index (χ4n) is 3.55. The van der Waals surface area contributed by atoms with Crippen molar-refractivity contribution in [1.82, 2.24) is 9.88 Å². The van der Waals surface area contributed by atoms with Gasteiger partial charge in [0, 0.05) is 21.9 Å². The maximum Gasteiger partial charge on any atom is 0.270 e. The van der Waals surface area contributed by atoms with Crippen LogP contribution in [-0.2, 0) is 4.74 Å². The molecule has 1 N–H and O–H groups in total. The van der Waals surface area contributed by atoms with Crippen LogP contribution in [-0.4, -0.2) is 41.1 Å². The molecule has 2 fully saturated rings. The lowest BCUT2D eigenvalue weighted by atomic mass is 10.1. The summed E-state index contributed by atoms with van der Waals surface area (Å²) in [5, 5.41) is 1.07. The highest BCUT2D eigenvalue weighted by Crippen LogP contribution is 2.31. The molecule has 1 aliphatic heterocycles. The van der Waals surface area contributed by atoms with Crippen molar-refractivity contribution >= 4 is 32.7 Å². The molecule has 1 aliphatic carbocycles. The van der Waals surface area contributed by atoms with E-state index in [0.29, 0.717) is 18.8 Å². The molecule has 0 unspecified atom stereocenters. The van der Waals surface area contributed by atoms with E-state index in [0.717, 1.165) is 34.6 Å². The first-order valence-electron chi connectivity index (χ1n) is 7.43. The molecule has 1 amide bonds. The second-order valence-corrected chi connectivity index (χ2v) is 6.74. The lowest BCUT2D eigenvalue weighted by molar-refractivity contribution is -0.0446. The number of carbonyl (C=O) groups excluding carboxylic acids is 1. The van der Waals surface area contributed by atoms with Crippen LogP contribution in [0, 0.1) is 0 Å². The molecule has 110 valence electrons. The van der Waals surface area contributed by atoms with E-state index in [1.165, 1.54) is 0 Å². The molecule has 1 saturated carbocycles. The van der Waals surface area contributed by atoms with E-state index in [1.54, 1.807) is 0 Å². The highest BCUT2D eigenvalue weighted by atomic mass is 79.9. The third kappa shape index (κ3) is 2.28. The van der Waals surface area contributed by atoms with Crippen molar-refractivity contribution in [2.75, 3.05) is 13.2 Å². The number of aromatic amines is 1. The van der Waals surface area contributed by atoms with Crippen molar-refractivity contribution < 1.29 is 9.53 Å². The number of H-pyrrole nitrogens is 1. The van der Waals surface area contributed by atoms with Crippen molar-refractivity contribution in [3.05, 3.63) is 34.4 Å². The average Bonchev–Trinajstić information content (AvgIpc) is 3.11. The first-order chi connectivity index (χ1) is 10.2. The third-order valence-corrected chi connectivity index (χ3v) is 5.05. The van der Waals surface area contributed by atoms with Gasteiger partial charge in [0.05, 0.1) is 18.8 Å². The van der Waals surface area contributed by atoms with Gasteiger partial charge in [-0.1, -0.05) is 22.0 Å². The number of nitrogens with zero attached hydrogens (tertiary/aromatic N) is 1. The molecule has 1 saturated heterocycles. The van der Waals surface area contributed by atoms with E-state index in [2.05, 4.69) is 20.9 Å². The van der Waals surface area contributed by atoms with Gasteiger partial charge in [-0.2, -0.15) is 0 Å². The molecule has 1 aromatic carbocycles. The van der Waals surface area contributed by atoms with Crippen LogP contribution in [0.4, 0.5) is 0 Å². The number of aromatic nitrogens is 1. The van der Waals surface area contributed by atoms with Crippen LogP contribution in [0.25, 0.3) is 10.9 Å². The van der Waals surface area contributed by atoms with E-state index in [1.807, 2.05) is 29.2 Å². The zero-order valence-electron chi connectivity index (χ0n) is 11.6. The Balaban J connectivity index is 1.66. The van der Waals surface area contributed by atoms with Gasteiger partial charge in [-0.15, -0.1) is 0 Å². The first-order valence-corrected chi connectivity index (χ1v) is 8.22. The van der Waals surface area contributed by atoms with Crippen LogP contribution in [0.3, 0.4) is 0 Å². The number of amides is 1. The van der Waals surface area contributed by atoms with Gasteiger partial charge in [0.15, 0.2) is 0 Å². The summed E-state index contributed by atoms with van der Waals surface area (Å²) in [7, 11) is 0.